The van der Waals surface area contributed by atoms with E-state index in [1.165, 1.54) is 18.7 Å². The fourth-order valence-electron chi connectivity index (χ4n) is 1.09. The van der Waals surface area contributed by atoms with Crippen molar-refractivity contribution in [3.63, 3.8) is 0 Å². The fourth-order valence-corrected chi connectivity index (χ4v) is 1.51. The molecule has 0 bridgehead atoms. The minimum absolute atomic E-state index is 0.0888. The van der Waals surface area contributed by atoms with Crippen molar-refractivity contribution in [1.29, 1.82) is 0 Å². The van der Waals surface area contributed by atoms with Gasteiger partial charge in [-0.3, -0.25) is 4.79 Å². The van der Waals surface area contributed by atoms with Crippen LogP contribution in [-0.2, 0) is 4.79 Å². The van der Waals surface area contributed by atoms with Gasteiger partial charge in [-0.15, -0.1) is 0 Å². The molecule has 0 radical (unpaired) electrons. The number of carboxylic acids is 1. The van der Waals surface area contributed by atoms with E-state index in [-0.39, 0.29) is 10.7 Å². The number of thioether (sulfide) groups is 1. The SMILES string of the molecule is CC(=O)SCC=Cc1ccc(C(=O)O)cc1. The van der Waals surface area contributed by atoms with Crippen LogP contribution in [-0.4, -0.2) is 21.9 Å². The first kappa shape index (κ1) is 12.5. The summed E-state index contributed by atoms with van der Waals surface area (Å²) in [6.07, 6.45) is 3.74. The maximum Gasteiger partial charge on any atom is 0.335 e. The van der Waals surface area contributed by atoms with Gasteiger partial charge < -0.3 is 5.11 Å². The van der Waals surface area contributed by atoms with E-state index in [0.717, 1.165) is 5.56 Å². The summed E-state index contributed by atoms with van der Waals surface area (Å²) in [5, 5.41) is 8.78. The number of rotatable bonds is 4. The van der Waals surface area contributed by atoms with Crippen LogP contribution in [0.25, 0.3) is 6.08 Å². The van der Waals surface area contributed by atoms with Crippen molar-refractivity contribution >= 4 is 28.9 Å². The quantitative estimate of drug-likeness (QED) is 0.873. The first-order valence-electron chi connectivity index (χ1n) is 4.73. The zero-order valence-electron chi connectivity index (χ0n) is 8.84. The maximum absolute atomic E-state index is 10.6. The number of hydrogen-bond acceptors (Lipinski definition) is 3. The molecule has 0 aliphatic carbocycles. The monoisotopic (exact) mass is 236 g/mol. The number of benzene rings is 1. The lowest BCUT2D eigenvalue weighted by Crippen LogP contribution is -1.94. The van der Waals surface area contributed by atoms with Crippen LogP contribution in [0.1, 0.15) is 22.8 Å². The van der Waals surface area contributed by atoms with Crippen LogP contribution in [0.2, 0.25) is 0 Å². The lowest BCUT2D eigenvalue weighted by molar-refractivity contribution is -0.109. The van der Waals surface area contributed by atoms with Gasteiger partial charge in [-0.2, -0.15) is 0 Å². The van der Waals surface area contributed by atoms with Crippen LogP contribution in [0.15, 0.2) is 30.3 Å². The minimum atomic E-state index is -0.928. The topological polar surface area (TPSA) is 54.4 Å². The molecule has 0 unspecified atom stereocenters. The summed E-state index contributed by atoms with van der Waals surface area (Å²) < 4.78 is 0. The molecule has 1 rings (SSSR count). The Kier molecular flexibility index (Phi) is 4.79. The molecular formula is C12H12O3S. The highest BCUT2D eigenvalue weighted by molar-refractivity contribution is 8.13. The maximum atomic E-state index is 10.6. The van der Waals surface area contributed by atoms with Crippen molar-refractivity contribution in [3.05, 3.63) is 41.5 Å². The Morgan fingerprint density at radius 2 is 1.94 bits per heavy atom. The third kappa shape index (κ3) is 4.31. The largest absolute Gasteiger partial charge is 0.478 e. The first-order valence-corrected chi connectivity index (χ1v) is 5.71. The van der Waals surface area contributed by atoms with E-state index in [4.69, 9.17) is 5.11 Å². The van der Waals surface area contributed by atoms with Gasteiger partial charge in [-0.1, -0.05) is 36.0 Å². The van der Waals surface area contributed by atoms with Gasteiger partial charge in [0.1, 0.15) is 0 Å². The third-order valence-corrected chi connectivity index (χ3v) is 2.62. The van der Waals surface area contributed by atoms with Gasteiger partial charge in [0, 0.05) is 12.7 Å². The Morgan fingerprint density at radius 1 is 1.31 bits per heavy atom. The molecule has 84 valence electrons. The Morgan fingerprint density at radius 3 is 2.44 bits per heavy atom. The highest BCUT2D eigenvalue weighted by atomic mass is 32.2. The van der Waals surface area contributed by atoms with Gasteiger partial charge in [0.25, 0.3) is 0 Å². The summed E-state index contributed by atoms with van der Waals surface area (Å²) >= 11 is 1.24. The van der Waals surface area contributed by atoms with E-state index in [1.54, 1.807) is 24.3 Å². The predicted molar refractivity (Wildman–Crippen MR) is 65.6 cm³/mol. The molecule has 16 heavy (non-hydrogen) atoms. The molecule has 0 saturated heterocycles. The molecule has 1 aromatic rings. The second-order valence-corrected chi connectivity index (χ2v) is 4.33. The summed E-state index contributed by atoms with van der Waals surface area (Å²) in [5.74, 6) is -0.293. The molecule has 0 saturated carbocycles. The number of carboxylic acid groups (broad SMARTS) is 1. The summed E-state index contributed by atoms with van der Waals surface area (Å²) in [5.41, 5.74) is 1.20. The number of carbonyl (C=O) groups excluding carboxylic acids is 1. The van der Waals surface area contributed by atoms with Crippen LogP contribution in [0, 0.1) is 0 Å². The first-order chi connectivity index (χ1) is 7.59. The molecule has 0 spiro atoms. The molecule has 0 amide bonds. The Balaban J connectivity index is 2.55. The highest BCUT2D eigenvalue weighted by Crippen LogP contribution is 2.08. The molecule has 0 aliphatic heterocycles. The second kappa shape index (κ2) is 6.12. The van der Waals surface area contributed by atoms with Gasteiger partial charge in [-0.25, -0.2) is 4.79 Å². The lowest BCUT2D eigenvalue weighted by atomic mass is 10.1. The Bertz CT molecular complexity index is 407. The van der Waals surface area contributed by atoms with E-state index >= 15 is 0 Å². The zero-order valence-corrected chi connectivity index (χ0v) is 9.66. The Labute approximate surface area is 98.2 Å². The molecule has 0 aliphatic rings. The van der Waals surface area contributed by atoms with Crippen LogP contribution < -0.4 is 0 Å². The molecule has 4 heteroatoms. The molecule has 0 atom stereocenters. The van der Waals surface area contributed by atoms with E-state index < -0.39 is 5.97 Å². The van der Waals surface area contributed by atoms with Crippen molar-refractivity contribution < 1.29 is 14.7 Å². The number of aromatic carboxylic acids is 1. The summed E-state index contributed by atoms with van der Waals surface area (Å²) in [6.45, 7) is 1.53. The second-order valence-electron chi connectivity index (χ2n) is 3.13. The van der Waals surface area contributed by atoms with Crippen LogP contribution >= 0.6 is 11.8 Å². The van der Waals surface area contributed by atoms with E-state index in [0.29, 0.717) is 5.75 Å². The van der Waals surface area contributed by atoms with E-state index in [1.807, 2.05) is 12.2 Å². The lowest BCUT2D eigenvalue weighted by Gasteiger charge is -1.95. The average molecular weight is 236 g/mol. The van der Waals surface area contributed by atoms with Gasteiger partial charge in [0.05, 0.1) is 5.56 Å². The van der Waals surface area contributed by atoms with Crippen molar-refractivity contribution in [2.24, 2.45) is 0 Å². The summed E-state index contributed by atoms with van der Waals surface area (Å²) in [7, 11) is 0. The minimum Gasteiger partial charge on any atom is -0.478 e. The van der Waals surface area contributed by atoms with Crippen LogP contribution in [0.5, 0.6) is 0 Å². The van der Waals surface area contributed by atoms with Crippen molar-refractivity contribution in [2.75, 3.05) is 5.75 Å². The van der Waals surface area contributed by atoms with Crippen LogP contribution in [0.4, 0.5) is 0 Å². The van der Waals surface area contributed by atoms with Crippen molar-refractivity contribution in [3.8, 4) is 0 Å². The number of hydrogen-bond donors (Lipinski definition) is 1. The standard InChI is InChI=1S/C12H12O3S/c1-9(13)16-8-2-3-10-4-6-11(7-5-10)12(14)15/h2-7H,8H2,1H3,(H,14,15). The molecule has 0 aromatic heterocycles. The zero-order chi connectivity index (χ0) is 12.0. The average Bonchev–Trinajstić information content (AvgIpc) is 2.25. The van der Waals surface area contributed by atoms with Gasteiger partial charge in [0.2, 0.25) is 0 Å². The van der Waals surface area contributed by atoms with Gasteiger partial charge in [0.15, 0.2) is 5.12 Å². The highest BCUT2D eigenvalue weighted by Gasteiger charge is 1.99. The van der Waals surface area contributed by atoms with Gasteiger partial charge >= 0.3 is 5.97 Å². The molecule has 1 aromatic carbocycles. The van der Waals surface area contributed by atoms with Crippen molar-refractivity contribution in [2.45, 2.75) is 6.92 Å². The summed E-state index contributed by atoms with van der Waals surface area (Å²) in [4.78, 5) is 21.2. The van der Waals surface area contributed by atoms with Crippen molar-refractivity contribution in [1.82, 2.24) is 0 Å². The van der Waals surface area contributed by atoms with Crippen LogP contribution in [0.3, 0.4) is 0 Å². The number of carbonyl (C=O) groups is 2. The Hall–Kier alpha value is -1.55. The predicted octanol–water partition coefficient (Wildman–Crippen LogP) is 2.68. The fraction of sp³-hybridized carbons (Fsp3) is 0.167. The molecule has 3 nitrogen and oxygen atoms in total. The molecule has 0 heterocycles. The summed E-state index contributed by atoms with van der Waals surface area (Å²) in [6, 6.07) is 6.58. The third-order valence-electron chi connectivity index (χ3n) is 1.85. The normalized spacial score (nSPS) is 10.6. The van der Waals surface area contributed by atoms with E-state index in [9.17, 15) is 9.59 Å². The smallest absolute Gasteiger partial charge is 0.335 e. The van der Waals surface area contributed by atoms with Gasteiger partial charge in [-0.05, 0) is 17.7 Å². The molecule has 0 fully saturated rings. The molecule has 1 N–H and O–H groups in total. The molecular weight excluding hydrogens is 224 g/mol. The van der Waals surface area contributed by atoms with E-state index in [2.05, 4.69) is 0 Å².